The maximum absolute atomic E-state index is 6.35. The van der Waals surface area contributed by atoms with Crippen LogP contribution < -0.4 is 4.74 Å². The monoisotopic (exact) mass is 383 g/mol. The molecule has 0 bridgehead atoms. The summed E-state index contributed by atoms with van der Waals surface area (Å²) in [6.07, 6.45) is 1.81. The highest BCUT2D eigenvalue weighted by atomic mass is 35.5. The van der Waals surface area contributed by atoms with Crippen molar-refractivity contribution in [1.29, 1.82) is 0 Å². The lowest BCUT2D eigenvalue weighted by Crippen LogP contribution is -1.96. The first kappa shape index (κ1) is 18.5. The summed E-state index contributed by atoms with van der Waals surface area (Å²) in [7, 11) is 0. The first-order valence-corrected chi connectivity index (χ1v) is 9.05. The fourth-order valence-corrected chi connectivity index (χ4v) is 2.96. The van der Waals surface area contributed by atoms with E-state index in [-0.39, 0.29) is 0 Å². The van der Waals surface area contributed by atoms with Crippen molar-refractivity contribution in [3.05, 3.63) is 93.0 Å². The number of aryl methyl sites for hydroxylation is 2. The lowest BCUT2D eigenvalue weighted by Gasteiger charge is -2.09. The van der Waals surface area contributed by atoms with E-state index in [0.29, 0.717) is 22.4 Å². The first-order chi connectivity index (χ1) is 12.5. The van der Waals surface area contributed by atoms with E-state index in [1.165, 1.54) is 5.56 Å². The summed E-state index contributed by atoms with van der Waals surface area (Å²) in [5, 5.41) is 1.24. The number of ether oxygens (including phenoxy) is 1. The zero-order valence-electron chi connectivity index (χ0n) is 14.7. The van der Waals surface area contributed by atoms with E-state index >= 15 is 0 Å². The highest BCUT2D eigenvalue weighted by Crippen LogP contribution is 2.27. The number of hydrogen-bond donors (Lipinski definition) is 0. The minimum absolute atomic E-state index is 0.413. The standard InChI is InChI=1S/C22H19Cl2NO/c1-15-6-7-16(2)21(10-15)25-13-17-8-9-22(20(24)12-17)26-14-18-4-3-5-19(23)11-18/h3-13H,14H2,1-2H3. The third-order valence-electron chi connectivity index (χ3n) is 3.96. The molecule has 0 N–H and O–H groups in total. The van der Waals surface area contributed by atoms with Crippen molar-refractivity contribution in [2.75, 3.05) is 0 Å². The van der Waals surface area contributed by atoms with Gasteiger partial charge in [0.1, 0.15) is 12.4 Å². The Balaban J connectivity index is 1.71. The normalized spacial score (nSPS) is 11.1. The molecule has 3 aromatic carbocycles. The van der Waals surface area contributed by atoms with Crippen LogP contribution in [0.2, 0.25) is 10.0 Å². The number of rotatable bonds is 5. The molecule has 0 aromatic heterocycles. The van der Waals surface area contributed by atoms with Gasteiger partial charge < -0.3 is 4.74 Å². The van der Waals surface area contributed by atoms with Gasteiger partial charge in [-0.1, -0.05) is 47.5 Å². The molecule has 0 heterocycles. The van der Waals surface area contributed by atoms with Gasteiger partial charge >= 0.3 is 0 Å². The van der Waals surface area contributed by atoms with Crippen LogP contribution >= 0.6 is 23.2 Å². The lowest BCUT2D eigenvalue weighted by molar-refractivity contribution is 0.306. The van der Waals surface area contributed by atoms with E-state index in [9.17, 15) is 0 Å². The molecule has 26 heavy (non-hydrogen) atoms. The average Bonchev–Trinajstić information content (AvgIpc) is 2.62. The summed E-state index contributed by atoms with van der Waals surface area (Å²) < 4.78 is 5.80. The zero-order valence-corrected chi connectivity index (χ0v) is 16.2. The van der Waals surface area contributed by atoms with Crippen LogP contribution in [0.3, 0.4) is 0 Å². The van der Waals surface area contributed by atoms with Gasteiger partial charge in [-0.15, -0.1) is 0 Å². The number of halogens is 2. The van der Waals surface area contributed by atoms with E-state index in [2.05, 4.69) is 30.1 Å². The molecule has 0 amide bonds. The lowest BCUT2D eigenvalue weighted by atomic mass is 10.1. The van der Waals surface area contributed by atoms with Crippen LogP contribution in [0, 0.1) is 13.8 Å². The molecule has 0 fully saturated rings. The van der Waals surface area contributed by atoms with Crippen LogP contribution in [0.1, 0.15) is 22.3 Å². The van der Waals surface area contributed by atoms with Gasteiger partial charge in [0.2, 0.25) is 0 Å². The predicted octanol–water partition coefficient (Wildman–Crippen LogP) is 6.94. The number of nitrogens with zero attached hydrogens (tertiary/aromatic N) is 1. The largest absolute Gasteiger partial charge is 0.487 e. The summed E-state index contributed by atoms with van der Waals surface area (Å²) >= 11 is 12.3. The summed E-state index contributed by atoms with van der Waals surface area (Å²) in [5.41, 5.74) is 5.20. The fourth-order valence-electron chi connectivity index (χ4n) is 2.50. The second-order valence-corrected chi connectivity index (χ2v) is 7.00. The van der Waals surface area contributed by atoms with Crippen LogP contribution in [0.25, 0.3) is 0 Å². The maximum atomic E-state index is 6.35. The van der Waals surface area contributed by atoms with Crippen molar-refractivity contribution in [2.24, 2.45) is 4.99 Å². The van der Waals surface area contributed by atoms with Crippen molar-refractivity contribution >= 4 is 35.1 Å². The van der Waals surface area contributed by atoms with E-state index in [4.69, 9.17) is 27.9 Å². The van der Waals surface area contributed by atoms with Crippen LogP contribution in [-0.2, 0) is 6.61 Å². The van der Waals surface area contributed by atoms with Crippen LogP contribution in [-0.4, -0.2) is 6.21 Å². The quantitative estimate of drug-likeness (QED) is 0.437. The Morgan fingerprint density at radius 3 is 2.58 bits per heavy atom. The molecule has 2 nitrogen and oxygen atoms in total. The first-order valence-electron chi connectivity index (χ1n) is 8.29. The van der Waals surface area contributed by atoms with Crippen LogP contribution in [0.4, 0.5) is 5.69 Å². The predicted molar refractivity (Wildman–Crippen MR) is 110 cm³/mol. The molecule has 0 saturated heterocycles. The highest BCUT2D eigenvalue weighted by molar-refractivity contribution is 6.32. The van der Waals surface area contributed by atoms with Crippen LogP contribution in [0.5, 0.6) is 5.75 Å². The van der Waals surface area contributed by atoms with Gasteiger partial charge in [0.15, 0.2) is 0 Å². The molecule has 132 valence electrons. The molecular formula is C22H19Cl2NO. The van der Waals surface area contributed by atoms with Crippen molar-refractivity contribution in [2.45, 2.75) is 20.5 Å². The van der Waals surface area contributed by atoms with Crippen molar-refractivity contribution in [3.63, 3.8) is 0 Å². The van der Waals surface area contributed by atoms with E-state index in [1.54, 1.807) is 0 Å². The number of benzene rings is 3. The SMILES string of the molecule is Cc1ccc(C)c(N=Cc2ccc(OCc3cccc(Cl)c3)c(Cl)c2)c1. The second-order valence-electron chi connectivity index (χ2n) is 6.16. The summed E-state index contributed by atoms with van der Waals surface area (Å²) in [6, 6.07) is 19.4. The Labute approximate surface area is 164 Å². The third-order valence-corrected chi connectivity index (χ3v) is 4.49. The van der Waals surface area contributed by atoms with Gasteiger partial charge in [0.05, 0.1) is 10.7 Å². The average molecular weight is 384 g/mol. The molecular weight excluding hydrogens is 365 g/mol. The molecule has 3 rings (SSSR count). The molecule has 4 heteroatoms. The van der Waals surface area contributed by atoms with Crippen molar-refractivity contribution in [1.82, 2.24) is 0 Å². The minimum atomic E-state index is 0.413. The topological polar surface area (TPSA) is 21.6 Å². The summed E-state index contributed by atoms with van der Waals surface area (Å²) in [5.74, 6) is 0.635. The Bertz CT molecular complexity index is 951. The third kappa shape index (κ3) is 4.87. The van der Waals surface area contributed by atoms with Gasteiger partial charge in [-0.25, -0.2) is 0 Å². The molecule has 0 atom stereocenters. The molecule has 0 radical (unpaired) electrons. The number of hydrogen-bond acceptors (Lipinski definition) is 2. The molecule has 0 aliphatic rings. The molecule has 0 aliphatic carbocycles. The molecule has 3 aromatic rings. The van der Waals surface area contributed by atoms with Gasteiger partial charge in [-0.2, -0.15) is 0 Å². The fraction of sp³-hybridized carbons (Fsp3) is 0.136. The van der Waals surface area contributed by atoms with E-state index in [1.807, 2.05) is 55.6 Å². The molecule has 0 spiro atoms. The Morgan fingerprint density at radius 1 is 0.962 bits per heavy atom. The Morgan fingerprint density at radius 2 is 1.81 bits per heavy atom. The van der Waals surface area contributed by atoms with E-state index in [0.717, 1.165) is 22.4 Å². The van der Waals surface area contributed by atoms with Gasteiger partial charge in [0, 0.05) is 11.2 Å². The number of aliphatic imine (C=N–C) groups is 1. The zero-order chi connectivity index (χ0) is 18.5. The summed E-state index contributed by atoms with van der Waals surface area (Å²) in [6.45, 7) is 4.52. The van der Waals surface area contributed by atoms with E-state index < -0.39 is 0 Å². The second kappa shape index (κ2) is 8.39. The van der Waals surface area contributed by atoms with Crippen molar-refractivity contribution in [3.8, 4) is 5.75 Å². The Kier molecular flexibility index (Phi) is 5.97. The highest BCUT2D eigenvalue weighted by Gasteiger charge is 2.04. The smallest absolute Gasteiger partial charge is 0.138 e. The van der Waals surface area contributed by atoms with Crippen molar-refractivity contribution < 1.29 is 4.74 Å². The maximum Gasteiger partial charge on any atom is 0.138 e. The molecule has 0 unspecified atom stereocenters. The molecule has 0 aliphatic heterocycles. The Hall–Kier alpha value is -2.29. The van der Waals surface area contributed by atoms with Gasteiger partial charge in [0.25, 0.3) is 0 Å². The van der Waals surface area contributed by atoms with Gasteiger partial charge in [-0.3, -0.25) is 4.99 Å². The van der Waals surface area contributed by atoms with Crippen LogP contribution in [0.15, 0.2) is 65.7 Å². The summed E-state index contributed by atoms with van der Waals surface area (Å²) in [4.78, 5) is 4.57. The minimum Gasteiger partial charge on any atom is -0.487 e. The van der Waals surface area contributed by atoms with Gasteiger partial charge in [-0.05, 0) is 72.5 Å². The molecule has 0 saturated carbocycles.